The molecule has 3 aromatic carbocycles. The average molecular weight is 566 g/mol. The first kappa shape index (κ1) is 26.0. The lowest BCUT2D eigenvalue weighted by atomic mass is 9.97. The average Bonchev–Trinajstić information content (AvgIpc) is 2.89. The highest BCUT2D eigenvalue weighted by Crippen LogP contribution is 2.39. The van der Waals surface area contributed by atoms with Gasteiger partial charge in [0, 0.05) is 45.7 Å². The zero-order valence-electron chi connectivity index (χ0n) is 21.0. The Labute approximate surface area is 235 Å². The van der Waals surface area contributed by atoms with Crippen molar-refractivity contribution in [1.82, 2.24) is 15.5 Å². The number of fused-ring (bicyclic) bond motifs is 1. The molecule has 2 aliphatic rings. The van der Waals surface area contributed by atoms with Crippen molar-refractivity contribution in [2.24, 2.45) is 5.73 Å². The number of rotatable bonds is 6. The Bertz CT molecular complexity index is 1550. The summed E-state index contributed by atoms with van der Waals surface area (Å²) in [5.41, 5.74) is 9.87. The van der Waals surface area contributed by atoms with Crippen molar-refractivity contribution in [2.75, 3.05) is 31.2 Å². The van der Waals surface area contributed by atoms with Crippen LogP contribution in [0, 0.1) is 5.82 Å². The standard InChI is InChI=1S/C29H26Cl2FN5O2/c30-20-8-18(9-21(31)13-20)27-28(37-5-3-23(4-6-37)34-24-14-39-15-24)25-12-16(1-2-26(25)35-36-27)17-7-19(29(33)38)11-22(32)10-17/h1-2,7-13,23-24,34H,3-6,14-15H2,(H2,33,38). The summed E-state index contributed by atoms with van der Waals surface area (Å²) >= 11 is 12.7. The first-order chi connectivity index (χ1) is 18.8. The highest BCUT2D eigenvalue weighted by Gasteiger charge is 2.28. The van der Waals surface area contributed by atoms with Gasteiger partial charge in [-0.2, -0.15) is 0 Å². The topological polar surface area (TPSA) is 93.4 Å². The molecule has 4 aromatic rings. The van der Waals surface area contributed by atoms with E-state index in [9.17, 15) is 9.18 Å². The zero-order valence-corrected chi connectivity index (χ0v) is 22.5. The normalized spacial score (nSPS) is 16.4. The minimum absolute atomic E-state index is 0.110. The second kappa shape index (κ2) is 10.7. The van der Waals surface area contributed by atoms with Gasteiger partial charge in [-0.05, 0) is 72.5 Å². The van der Waals surface area contributed by atoms with Crippen LogP contribution in [0.4, 0.5) is 10.1 Å². The Morgan fingerprint density at radius 2 is 1.67 bits per heavy atom. The Morgan fingerprint density at radius 1 is 0.923 bits per heavy atom. The molecule has 1 amide bonds. The van der Waals surface area contributed by atoms with Crippen LogP contribution >= 0.6 is 23.2 Å². The predicted octanol–water partition coefficient (Wildman–Crippen LogP) is 5.47. The fourth-order valence-corrected chi connectivity index (χ4v) is 5.84. The Kier molecular flexibility index (Phi) is 7.12. The largest absolute Gasteiger partial charge is 0.378 e. The number of amides is 1. The summed E-state index contributed by atoms with van der Waals surface area (Å²) in [4.78, 5) is 14.1. The zero-order chi connectivity index (χ0) is 27.1. The number of hydrogen-bond acceptors (Lipinski definition) is 6. The molecule has 1 aromatic heterocycles. The molecule has 39 heavy (non-hydrogen) atoms. The van der Waals surface area contributed by atoms with E-state index in [-0.39, 0.29) is 5.56 Å². The van der Waals surface area contributed by atoms with Crippen LogP contribution in [0.3, 0.4) is 0 Å². The molecule has 200 valence electrons. The van der Waals surface area contributed by atoms with Gasteiger partial charge >= 0.3 is 0 Å². The third-order valence-electron chi connectivity index (χ3n) is 7.31. The summed E-state index contributed by atoms with van der Waals surface area (Å²) in [6.45, 7) is 3.14. The number of nitrogens with two attached hydrogens (primary N) is 1. The van der Waals surface area contributed by atoms with Crippen molar-refractivity contribution in [3.8, 4) is 22.4 Å². The van der Waals surface area contributed by atoms with Gasteiger partial charge in [0.05, 0.1) is 30.5 Å². The Hall–Kier alpha value is -3.30. The van der Waals surface area contributed by atoms with Gasteiger partial charge in [-0.3, -0.25) is 4.79 Å². The van der Waals surface area contributed by atoms with Gasteiger partial charge in [-0.1, -0.05) is 29.3 Å². The van der Waals surface area contributed by atoms with E-state index < -0.39 is 11.7 Å². The molecular weight excluding hydrogens is 540 g/mol. The molecule has 2 fully saturated rings. The third kappa shape index (κ3) is 5.43. The third-order valence-corrected chi connectivity index (χ3v) is 7.74. The maximum atomic E-state index is 14.4. The van der Waals surface area contributed by atoms with Crippen LogP contribution in [0.1, 0.15) is 23.2 Å². The summed E-state index contributed by atoms with van der Waals surface area (Å²) in [6, 6.07) is 16.0. The van der Waals surface area contributed by atoms with Crippen LogP contribution in [0.15, 0.2) is 54.6 Å². The molecule has 3 N–H and O–H groups in total. The molecule has 0 aliphatic carbocycles. The summed E-state index contributed by atoms with van der Waals surface area (Å²) in [5, 5.41) is 14.7. The van der Waals surface area contributed by atoms with E-state index in [0.717, 1.165) is 67.4 Å². The number of carbonyl (C=O) groups is 1. The number of halogens is 3. The van der Waals surface area contributed by atoms with Crippen LogP contribution in [0.5, 0.6) is 0 Å². The van der Waals surface area contributed by atoms with E-state index in [0.29, 0.717) is 38.9 Å². The monoisotopic (exact) mass is 565 g/mol. The summed E-state index contributed by atoms with van der Waals surface area (Å²) in [6.07, 6.45) is 1.92. The van der Waals surface area contributed by atoms with Crippen LogP contribution in [-0.4, -0.2) is 54.5 Å². The number of benzene rings is 3. The van der Waals surface area contributed by atoms with Crippen LogP contribution < -0.4 is 16.0 Å². The lowest BCUT2D eigenvalue weighted by Gasteiger charge is -2.38. The van der Waals surface area contributed by atoms with Crippen molar-refractivity contribution in [3.05, 3.63) is 76.0 Å². The van der Waals surface area contributed by atoms with Crippen molar-refractivity contribution in [3.63, 3.8) is 0 Å². The number of aromatic nitrogens is 2. The number of carbonyl (C=O) groups excluding carboxylic acids is 1. The number of anilines is 1. The Balaban J connectivity index is 1.46. The van der Waals surface area contributed by atoms with Gasteiger partial charge in [-0.25, -0.2) is 4.39 Å². The summed E-state index contributed by atoms with van der Waals surface area (Å²) in [7, 11) is 0. The highest BCUT2D eigenvalue weighted by molar-refractivity contribution is 6.35. The minimum Gasteiger partial charge on any atom is -0.378 e. The number of nitrogens with zero attached hydrogens (tertiary/aromatic N) is 3. The maximum Gasteiger partial charge on any atom is 0.248 e. The number of primary amides is 1. The van der Waals surface area contributed by atoms with Crippen molar-refractivity contribution < 1.29 is 13.9 Å². The smallest absolute Gasteiger partial charge is 0.248 e. The second-order valence-electron chi connectivity index (χ2n) is 10.0. The molecular formula is C29H26Cl2FN5O2. The molecule has 0 atom stereocenters. The number of nitrogens with one attached hydrogen (secondary N) is 1. The van der Waals surface area contributed by atoms with E-state index in [4.69, 9.17) is 33.7 Å². The molecule has 2 saturated heterocycles. The van der Waals surface area contributed by atoms with Gasteiger partial charge in [0.1, 0.15) is 11.5 Å². The number of ether oxygens (including phenoxy) is 1. The molecule has 0 radical (unpaired) electrons. The summed E-state index contributed by atoms with van der Waals surface area (Å²) in [5.74, 6) is -1.22. The first-order valence-electron chi connectivity index (χ1n) is 12.8. The molecule has 10 heteroatoms. The molecule has 0 spiro atoms. The maximum absolute atomic E-state index is 14.4. The van der Waals surface area contributed by atoms with Gasteiger partial charge in [0.15, 0.2) is 0 Å². The fraction of sp³-hybridized carbons (Fsp3) is 0.276. The van der Waals surface area contributed by atoms with Crippen molar-refractivity contribution in [1.29, 1.82) is 0 Å². The SMILES string of the molecule is NC(=O)c1cc(F)cc(-c2ccc3nnc(-c4cc(Cl)cc(Cl)c4)c(N4CCC(NC5COC5)CC4)c3c2)c1. The molecule has 2 aliphatic heterocycles. The van der Waals surface area contributed by atoms with E-state index in [1.54, 1.807) is 12.1 Å². The molecule has 0 bridgehead atoms. The van der Waals surface area contributed by atoms with Gasteiger partial charge in [0.25, 0.3) is 0 Å². The number of piperidine rings is 1. The molecule has 3 heterocycles. The van der Waals surface area contributed by atoms with E-state index >= 15 is 0 Å². The fourth-order valence-electron chi connectivity index (χ4n) is 5.31. The van der Waals surface area contributed by atoms with E-state index in [2.05, 4.69) is 20.4 Å². The summed E-state index contributed by atoms with van der Waals surface area (Å²) < 4.78 is 19.7. The second-order valence-corrected chi connectivity index (χ2v) is 10.9. The van der Waals surface area contributed by atoms with E-state index in [1.807, 2.05) is 30.3 Å². The first-order valence-corrected chi connectivity index (χ1v) is 13.6. The number of hydrogen-bond donors (Lipinski definition) is 2. The minimum atomic E-state index is -0.687. The lowest BCUT2D eigenvalue weighted by Crippen LogP contribution is -2.53. The molecule has 0 unspecified atom stereocenters. The molecule has 6 rings (SSSR count). The van der Waals surface area contributed by atoms with Gasteiger partial charge < -0.3 is 20.7 Å². The van der Waals surface area contributed by atoms with Crippen molar-refractivity contribution in [2.45, 2.75) is 24.9 Å². The highest BCUT2D eigenvalue weighted by atomic mass is 35.5. The Morgan fingerprint density at radius 3 is 2.33 bits per heavy atom. The lowest BCUT2D eigenvalue weighted by molar-refractivity contribution is -0.0111. The van der Waals surface area contributed by atoms with Gasteiger partial charge in [-0.15, -0.1) is 10.2 Å². The van der Waals surface area contributed by atoms with Crippen molar-refractivity contribution >= 4 is 45.7 Å². The van der Waals surface area contributed by atoms with E-state index in [1.165, 1.54) is 6.07 Å². The molecule has 7 nitrogen and oxygen atoms in total. The van der Waals surface area contributed by atoms with Crippen LogP contribution in [-0.2, 0) is 4.74 Å². The van der Waals surface area contributed by atoms with Crippen LogP contribution in [0.2, 0.25) is 10.0 Å². The predicted molar refractivity (Wildman–Crippen MR) is 152 cm³/mol. The van der Waals surface area contributed by atoms with Crippen LogP contribution in [0.25, 0.3) is 33.3 Å². The molecule has 0 saturated carbocycles. The quantitative estimate of drug-likeness (QED) is 0.322. The van der Waals surface area contributed by atoms with Gasteiger partial charge in [0.2, 0.25) is 5.91 Å².